The second-order valence-electron chi connectivity index (χ2n) is 7.04. The zero-order chi connectivity index (χ0) is 15.4. The van der Waals surface area contributed by atoms with Gasteiger partial charge in [0.2, 0.25) is 0 Å². The van der Waals surface area contributed by atoms with Crippen molar-refractivity contribution in [1.29, 1.82) is 0 Å². The fourth-order valence-corrected chi connectivity index (χ4v) is 3.67. The van der Waals surface area contributed by atoms with Gasteiger partial charge in [-0.2, -0.15) is 0 Å². The van der Waals surface area contributed by atoms with Crippen LogP contribution in [0.3, 0.4) is 0 Å². The van der Waals surface area contributed by atoms with Gasteiger partial charge in [0, 0.05) is 18.6 Å². The van der Waals surface area contributed by atoms with E-state index in [4.69, 9.17) is 0 Å². The lowest BCUT2D eigenvalue weighted by molar-refractivity contribution is 0.126. The highest BCUT2D eigenvalue weighted by molar-refractivity contribution is 5.32. The Balaban J connectivity index is 2.12. The van der Waals surface area contributed by atoms with Crippen molar-refractivity contribution in [3.05, 3.63) is 34.9 Å². The summed E-state index contributed by atoms with van der Waals surface area (Å²) in [6, 6.07) is 7.96. The number of nitrogens with zero attached hydrogens (tertiary/aromatic N) is 1. The maximum atomic E-state index is 3.55. The van der Waals surface area contributed by atoms with Crippen LogP contribution in [0.5, 0.6) is 0 Å². The zero-order valence-electron chi connectivity index (χ0n) is 14.4. The minimum atomic E-state index is 0.493. The summed E-state index contributed by atoms with van der Waals surface area (Å²) in [5, 5.41) is 3.55. The maximum absolute atomic E-state index is 3.55. The SMILES string of the molecule is Cc1ccc(C(C)N(CC2CCCNC2)C(C)C)c(C)c1. The average Bonchev–Trinajstić information content (AvgIpc) is 2.45. The summed E-state index contributed by atoms with van der Waals surface area (Å²) in [6.07, 6.45) is 2.70. The Labute approximate surface area is 130 Å². The highest BCUT2D eigenvalue weighted by Gasteiger charge is 2.24. The third-order valence-electron chi connectivity index (χ3n) is 4.90. The predicted molar refractivity (Wildman–Crippen MR) is 91.8 cm³/mol. The molecule has 0 spiro atoms. The number of hydrogen-bond donors (Lipinski definition) is 1. The van der Waals surface area contributed by atoms with Gasteiger partial charge < -0.3 is 5.32 Å². The van der Waals surface area contributed by atoms with Crippen molar-refractivity contribution >= 4 is 0 Å². The molecule has 1 saturated heterocycles. The number of benzene rings is 1. The normalized spacial score (nSPS) is 21.0. The van der Waals surface area contributed by atoms with Gasteiger partial charge >= 0.3 is 0 Å². The number of nitrogens with one attached hydrogen (secondary N) is 1. The van der Waals surface area contributed by atoms with E-state index in [0.717, 1.165) is 5.92 Å². The van der Waals surface area contributed by atoms with Crippen molar-refractivity contribution in [3.63, 3.8) is 0 Å². The lowest BCUT2D eigenvalue weighted by Crippen LogP contribution is -2.42. The molecule has 2 heteroatoms. The van der Waals surface area contributed by atoms with Crippen LogP contribution in [0.4, 0.5) is 0 Å². The lowest BCUT2D eigenvalue weighted by atomic mass is 9.94. The average molecular weight is 288 g/mol. The van der Waals surface area contributed by atoms with Gasteiger partial charge in [0.1, 0.15) is 0 Å². The molecule has 1 N–H and O–H groups in total. The smallest absolute Gasteiger partial charge is 0.0325 e. The van der Waals surface area contributed by atoms with E-state index < -0.39 is 0 Å². The molecular weight excluding hydrogens is 256 g/mol. The molecule has 2 unspecified atom stereocenters. The Kier molecular flexibility index (Phi) is 5.83. The minimum Gasteiger partial charge on any atom is -0.316 e. The first-order valence-corrected chi connectivity index (χ1v) is 8.52. The van der Waals surface area contributed by atoms with Gasteiger partial charge in [-0.3, -0.25) is 4.90 Å². The van der Waals surface area contributed by atoms with Crippen LogP contribution in [0.25, 0.3) is 0 Å². The van der Waals surface area contributed by atoms with E-state index >= 15 is 0 Å². The van der Waals surface area contributed by atoms with Crippen LogP contribution in [-0.4, -0.2) is 30.6 Å². The number of piperidine rings is 1. The van der Waals surface area contributed by atoms with E-state index in [2.05, 4.69) is 63.0 Å². The Morgan fingerprint density at radius 1 is 1.24 bits per heavy atom. The van der Waals surface area contributed by atoms with E-state index in [1.165, 1.54) is 49.2 Å². The fourth-order valence-electron chi connectivity index (χ4n) is 3.67. The van der Waals surface area contributed by atoms with Crippen LogP contribution in [-0.2, 0) is 0 Å². The molecule has 1 fully saturated rings. The van der Waals surface area contributed by atoms with Gasteiger partial charge in [0.25, 0.3) is 0 Å². The highest BCUT2D eigenvalue weighted by Crippen LogP contribution is 2.28. The van der Waals surface area contributed by atoms with Crippen molar-refractivity contribution in [2.45, 2.75) is 59.5 Å². The molecule has 0 amide bonds. The summed E-state index contributed by atoms with van der Waals surface area (Å²) in [5.74, 6) is 0.800. The minimum absolute atomic E-state index is 0.493. The molecule has 1 heterocycles. The molecule has 2 atom stereocenters. The number of hydrogen-bond acceptors (Lipinski definition) is 2. The quantitative estimate of drug-likeness (QED) is 0.878. The molecule has 118 valence electrons. The van der Waals surface area contributed by atoms with Gasteiger partial charge in [-0.1, -0.05) is 23.8 Å². The van der Waals surface area contributed by atoms with Crippen LogP contribution < -0.4 is 5.32 Å². The number of aryl methyl sites for hydroxylation is 2. The topological polar surface area (TPSA) is 15.3 Å². The predicted octanol–water partition coefficient (Wildman–Crippen LogP) is 4.07. The van der Waals surface area contributed by atoms with Gasteiger partial charge in [-0.25, -0.2) is 0 Å². The van der Waals surface area contributed by atoms with Crippen molar-refractivity contribution in [1.82, 2.24) is 10.2 Å². The Hall–Kier alpha value is -0.860. The van der Waals surface area contributed by atoms with Crippen molar-refractivity contribution in [2.75, 3.05) is 19.6 Å². The van der Waals surface area contributed by atoms with Crippen LogP contribution in [0.1, 0.15) is 56.3 Å². The van der Waals surface area contributed by atoms with Crippen molar-refractivity contribution < 1.29 is 0 Å². The Morgan fingerprint density at radius 3 is 2.57 bits per heavy atom. The van der Waals surface area contributed by atoms with Gasteiger partial charge in [-0.05, 0) is 77.6 Å². The Morgan fingerprint density at radius 2 is 2.00 bits per heavy atom. The molecule has 21 heavy (non-hydrogen) atoms. The summed E-state index contributed by atoms with van der Waals surface area (Å²) >= 11 is 0. The van der Waals surface area contributed by atoms with Gasteiger partial charge in [-0.15, -0.1) is 0 Å². The van der Waals surface area contributed by atoms with E-state index in [9.17, 15) is 0 Å². The fraction of sp³-hybridized carbons (Fsp3) is 0.684. The molecule has 1 aliphatic heterocycles. The van der Waals surface area contributed by atoms with Crippen LogP contribution in [0.2, 0.25) is 0 Å². The molecule has 1 aliphatic rings. The molecule has 1 aromatic carbocycles. The van der Waals surface area contributed by atoms with Gasteiger partial charge in [0.05, 0.1) is 0 Å². The zero-order valence-corrected chi connectivity index (χ0v) is 14.4. The first kappa shape index (κ1) is 16.5. The molecule has 0 aliphatic carbocycles. The summed E-state index contributed by atoms with van der Waals surface area (Å²) in [5.41, 5.74) is 4.27. The number of rotatable bonds is 5. The first-order valence-electron chi connectivity index (χ1n) is 8.52. The highest BCUT2D eigenvalue weighted by atomic mass is 15.2. The second kappa shape index (κ2) is 7.42. The molecule has 0 saturated carbocycles. The van der Waals surface area contributed by atoms with Crippen LogP contribution >= 0.6 is 0 Å². The summed E-state index contributed by atoms with van der Waals surface area (Å²) in [4.78, 5) is 2.68. The maximum Gasteiger partial charge on any atom is 0.0325 e. The van der Waals surface area contributed by atoms with E-state index in [1.807, 2.05) is 0 Å². The molecule has 1 aromatic rings. The molecule has 0 radical (unpaired) electrons. The molecule has 2 nitrogen and oxygen atoms in total. The van der Waals surface area contributed by atoms with Crippen LogP contribution in [0, 0.1) is 19.8 Å². The summed E-state index contributed by atoms with van der Waals surface area (Å²) in [7, 11) is 0. The summed E-state index contributed by atoms with van der Waals surface area (Å²) < 4.78 is 0. The second-order valence-corrected chi connectivity index (χ2v) is 7.04. The third kappa shape index (κ3) is 4.31. The molecule has 2 rings (SSSR count). The van der Waals surface area contributed by atoms with Crippen molar-refractivity contribution in [3.8, 4) is 0 Å². The van der Waals surface area contributed by atoms with Gasteiger partial charge in [0.15, 0.2) is 0 Å². The molecule has 0 bridgehead atoms. The first-order chi connectivity index (χ1) is 9.99. The molecule has 0 aromatic heterocycles. The largest absolute Gasteiger partial charge is 0.316 e. The monoisotopic (exact) mass is 288 g/mol. The van der Waals surface area contributed by atoms with E-state index in [1.54, 1.807) is 0 Å². The van der Waals surface area contributed by atoms with E-state index in [0.29, 0.717) is 12.1 Å². The van der Waals surface area contributed by atoms with E-state index in [-0.39, 0.29) is 0 Å². The Bertz CT molecular complexity index is 447. The summed E-state index contributed by atoms with van der Waals surface area (Å²) in [6.45, 7) is 15.0. The van der Waals surface area contributed by atoms with Crippen LogP contribution in [0.15, 0.2) is 18.2 Å². The third-order valence-corrected chi connectivity index (χ3v) is 4.90. The molecular formula is C19H32N2. The standard InChI is InChI=1S/C19H32N2/c1-14(2)21(13-18-7-6-10-20-12-18)17(5)19-9-8-15(3)11-16(19)4/h8-9,11,14,17-18,20H,6-7,10,12-13H2,1-5H3. The lowest BCUT2D eigenvalue weighted by Gasteiger charge is -2.37. The van der Waals surface area contributed by atoms with Crippen molar-refractivity contribution in [2.24, 2.45) is 5.92 Å².